The summed E-state index contributed by atoms with van der Waals surface area (Å²) in [6, 6.07) is 15.8. The molecule has 0 N–H and O–H groups in total. The molecule has 1 aromatic carbocycles. The highest BCUT2D eigenvalue weighted by molar-refractivity contribution is 7.98. The van der Waals surface area contributed by atoms with Gasteiger partial charge in [-0.15, -0.1) is 32.9 Å². The molecular formula is C20H15N5OS3. The number of nitrogens with zero attached hydrogens (tertiary/aromatic N) is 5. The average molecular weight is 438 g/mol. The van der Waals surface area contributed by atoms with Gasteiger partial charge in [-0.2, -0.15) is 0 Å². The number of thioether (sulfide) groups is 1. The van der Waals surface area contributed by atoms with Gasteiger partial charge in [0.2, 0.25) is 0 Å². The third kappa shape index (κ3) is 3.76. The van der Waals surface area contributed by atoms with Crippen LogP contribution in [0.15, 0.2) is 75.4 Å². The molecule has 0 aliphatic carbocycles. The molecule has 5 aromatic rings. The highest BCUT2D eigenvalue weighted by atomic mass is 32.2. The van der Waals surface area contributed by atoms with E-state index in [0.29, 0.717) is 10.7 Å². The number of fused-ring (bicyclic) bond motifs is 1. The van der Waals surface area contributed by atoms with Crippen molar-refractivity contribution in [2.45, 2.75) is 17.3 Å². The van der Waals surface area contributed by atoms with Crippen LogP contribution in [0.4, 0.5) is 0 Å². The van der Waals surface area contributed by atoms with Gasteiger partial charge >= 0.3 is 0 Å². The van der Waals surface area contributed by atoms with Gasteiger partial charge in [-0.05, 0) is 23.6 Å². The Bertz CT molecular complexity index is 1310. The number of rotatable bonds is 6. The van der Waals surface area contributed by atoms with Crippen molar-refractivity contribution >= 4 is 39.4 Å². The first-order valence-corrected chi connectivity index (χ1v) is 11.6. The molecule has 0 aliphatic heterocycles. The number of thiazole rings is 1. The Kier molecular flexibility index (Phi) is 5.01. The summed E-state index contributed by atoms with van der Waals surface area (Å²) >= 11 is 4.70. The molecule has 0 atom stereocenters. The summed E-state index contributed by atoms with van der Waals surface area (Å²) in [7, 11) is 0. The third-order valence-electron chi connectivity index (χ3n) is 4.33. The van der Waals surface area contributed by atoms with Crippen molar-refractivity contribution in [1.29, 1.82) is 0 Å². The molecule has 0 fully saturated rings. The van der Waals surface area contributed by atoms with Gasteiger partial charge in [0.1, 0.15) is 5.82 Å². The Morgan fingerprint density at radius 3 is 2.72 bits per heavy atom. The predicted molar refractivity (Wildman–Crippen MR) is 117 cm³/mol. The van der Waals surface area contributed by atoms with Gasteiger partial charge in [0.05, 0.1) is 5.69 Å². The van der Waals surface area contributed by atoms with Crippen LogP contribution in [-0.2, 0) is 12.2 Å². The van der Waals surface area contributed by atoms with Crippen molar-refractivity contribution < 1.29 is 0 Å². The van der Waals surface area contributed by atoms with E-state index in [4.69, 9.17) is 0 Å². The van der Waals surface area contributed by atoms with Gasteiger partial charge in [0.25, 0.3) is 5.56 Å². The summed E-state index contributed by atoms with van der Waals surface area (Å²) in [6.07, 6.45) is 2.47. The monoisotopic (exact) mass is 437 g/mol. The van der Waals surface area contributed by atoms with Crippen LogP contribution in [0.1, 0.15) is 16.4 Å². The van der Waals surface area contributed by atoms with Gasteiger partial charge in [-0.1, -0.05) is 36.0 Å². The smallest absolute Gasteiger partial charge is 0.258 e. The van der Waals surface area contributed by atoms with Gasteiger partial charge in [-0.3, -0.25) is 13.8 Å². The molecular weight excluding hydrogens is 422 g/mol. The lowest BCUT2D eigenvalue weighted by Gasteiger charge is -2.09. The van der Waals surface area contributed by atoms with Gasteiger partial charge in [-0.25, -0.2) is 4.98 Å². The van der Waals surface area contributed by atoms with Crippen LogP contribution in [-0.4, -0.2) is 24.1 Å². The van der Waals surface area contributed by atoms with E-state index in [0.717, 1.165) is 28.8 Å². The number of benzene rings is 1. The predicted octanol–water partition coefficient (Wildman–Crippen LogP) is 4.28. The minimum Gasteiger partial charge on any atom is -0.274 e. The molecule has 4 aromatic heterocycles. The standard InChI is InChI=1S/C20H15N5OS3/c26-18-11-14(21-19-24(18)8-10-28-19)13-29-20-23-22-17(12-16-7-4-9-27-16)25(20)15-5-2-1-3-6-15/h1-11H,12-13H2. The Balaban J connectivity index is 1.47. The topological polar surface area (TPSA) is 65.1 Å². The molecule has 144 valence electrons. The van der Waals surface area contributed by atoms with Gasteiger partial charge < -0.3 is 0 Å². The first-order valence-electron chi connectivity index (χ1n) is 8.88. The first kappa shape index (κ1) is 18.3. The fourth-order valence-corrected chi connectivity index (χ4v) is 5.32. The molecule has 0 saturated carbocycles. The van der Waals surface area contributed by atoms with Crippen LogP contribution in [0.2, 0.25) is 0 Å². The van der Waals surface area contributed by atoms with E-state index in [1.807, 2.05) is 41.8 Å². The van der Waals surface area contributed by atoms with Crippen molar-refractivity contribution in [1.82, 2.24) is 24.1 Å². The van der Waals surface area contributed by atoms with Crippen LogP contribution in [0.5, 0.6) is 0 Å². The van der Waals surface area contributed by atoms with Crippen molar-refractivity contribution in [2.75, 3.05) is 0 Å². The van der Waals surface area contributed by atoms with Gasteiger partial charge in [0, 0.05) is 40.4 Å². The maximum atomic E-state index is 12.2. The Morgan fingerprint density at radius 1 is 1.00 bits per heavy atom. The van der Waals surface area contributed by atoms with E-state index in [9.17, 15) is 4.79 Å². The molecule has 4 heterocycles. The van der Waals surface area contributed by atoms with Crippen molar-refractivity contribution in [3.8, 4) is 5.69 Å². The second kappa shape index (κ2) is 7.94. The maximum absolute atomic E-state index is 12.2. The zero-order valence-electron chi connectivity index (χ0n) is 15.1. The summed E-state index contributed by atoms with van der Waals surface area (Å²) in [5.74, 6) is 1.44. The van der Waals surface area contributed by atoms with E-state index in [1.54, 1.807) is 28.0 Å². The normalized spacial score (nSPS) is 11.3. The molecule has 0 bridgehead atoms. The molecule has 5 rings (SSSR count). The molecule has 0 radical (unpaired) electrons. The van der Waals surface area contributed by atoms with Crippen molar-refractivity contribution in [3.05, 3.63) is 92.2 Å². The van der Waals surface area contributed by atoms with E-state index in [2.05, 4.69) is 31.2 Å². The number of thiophene rings is 1. The zero-order chi connectivity index (χ0) is 19.6. The number of hydrogen-bond donors (Lipinski definition) is 0. The number of aromatic nitrogens is 5. The second-order valence-corrected chi connectivity index (χ2v) is 9.10. The summed E-state index contributed by atoms with van der Waals surface area (Å²) in [5, 5.41) is 13.6. The minimum absolute atomic E-state index is 0.0604. The van der Waals surface area contributed by atoms with Crippen molar-refractivity contribution in [2.24, 2.45) is 0 Å². The van der Waals surface area contributed by atoms with E-state index >= 15 is 0 Å². The number of hydrogen-bond acceptors (Lipinski definition) is 7. The molecule has 0 spiro atoms. The fraction of sp³-hybridized carbons (Fsp3) is 0.100. The lowest BCUT2D eigenvalue weighted by atomic mass is 10.3. The molecule has 29 heavy (non-hydrogen) atoms. The number of para-hydroxylation sites is 1. The largest absolute Gasteiger partial charge is 0.274 e. The van der Waals surface area contributed by atoms with Crippen LogP contribution in [0.25, 0.3) is 10.6 Å². The zero-order valence-corrected chi connectivity index (χ0v) is 17.6. The SMILES string of the molecule is O=c1cc(CSc2nnc(Cc3cccs3)n2-c2ccccc2)nc2sccn12. The summed E-state index contributed by atoms with van der Waals surface area (Å²) in [6.45, 7) is 0. The van der Waals surface area contributed by atoms with Crippen LogP contribution in [0, 0.1) is 0 Å². The highest BCUT2D eigenvalue weighted by Crippen LogP contribution is 2.26. The van der Waals surface area contributed by atoms with Crippen molar-refractivity contribution in [3.63, 3.8) is 0 Å². The van der Waals surface area contributed by atoms with Crippen LogP contribution >= 0.6 is 34.4 Å². The summed E-state index contributed by atoms with van der Waals surface area (Å²) < 4.78 is 3.64. The molecule has 0 unspecified atom stereocenters. The Hall–Kier alpha value is -2.75. The van der Waals surface area contributed by atoms with Gasteiger partial charge in [0.15, 0.2) is 10.1 Å². The van der Waals surface area contributed by atoms with E-state index in [-0.39, 0.29) is 5.56 Å². The molecule has 9 heteroatoms. The van der Waals surface area contributed by atoms with Crippen LogP contribution in [0.3, 0.4) is 0 Å². The quantitative estimate of drug-likeness (QED) is 0.371. The summed E-state index contributed by atoms with van der Waals surface area (Å²) in [4.78, 5) is 18.8. The van der Waals surface area contributed by atoms with E-state index in [1.165, 1.54) is 28.0 Å². The van der Waals surface area contributed by atoms with E-state index < -0.39 is 0 Å². The highest BCUT2D eigenvalue weighted by Gasteiger charge is 2.16. The molecule has 0 saturated heterocycles. The minimum atomic E-state index is -0.0604. The molecule has 6 nitrogen and oxygen atoms in total. The Morgan fingerprint density at radius 2 is 1.90 bits per heavy atom. The lowest BCUT2D eigenvalue weighted by Crippen LogP contribution is -2.12. The lowest BCUT2D eigenvalue weighted by molar-refractivity contribution is 0.850. The Labute approximate surface area is 178 Å². The molecule has 0 aliphatic rings. The second-order valence-electron chi connectivity index (χ2n) is 6.26. The van der Waals surface area contributed by atoms with Crippen LogP contribution < -0.4 is 5.56 Å². The summed E-state index contributed by atoms with van der Waals surface area (Å²) in [5.41, 5.74) is 1.70. The fourth-order valence-electron chi connectivity index (χ4n) is 3.01. The molecule has 0 amide bonds. The third-order valence-corrected chi connectivity index (χ3v) is 6.93. The average Bonchev–Trinajstić information content (AvgIpc) is 3.49. The maximum Gasteiger partial charge on any atom is 0.258 e. The first-order chi connectivity index (χ1) is 14.3.